The predicted octanol–water partition coefficient (Wildman–Crippen LogP) is 3.04. The number of hydrogen-bond acceptors (Lipinski definition) is 4. The molecule has 0 saturated heterocycles. The number of carbonyl (C=O) groups excluding carboxylic acids is 1. The summed E-state index contributed by atoms with van der Waals surface area (Å²) in [5.41, 5.74) is 1.59. The van der Waals surface area contributed by atoms with Gasteiger partial charge in [0.05, 0.1) is 17.5 Å². The zero-order valence-electron chi connectivity index (χ0n) is 15.1. The molecule has 2 N–H and O–H groups in total. The van der Waals surface area contributed by atoms with E-state index < -0.39 is 10.0 Å². The molecule has 2 aliphatic rings. The van der Waals surface area contributed by atoms with Crippen LogP contribution in [0.25, 0.3) is 0 Å². The normalized spacial score (nSPS) is 19.7. The highest BCUT2D eigenvalue weighted by atomic mass is 35.5. The van der Waals surface area contributed by atoms with Gasteiger partial charge < -0.3 is 5.32 Å². The molecule has 1 heterocycles. The molecule has 28 heavy (non-hydrogen) atoms. The molecule has 8 heteroatoms. The maximum Gasteiger partial charge on any atom is 0.263 e. The number of hydrogen-bond donors (Lipinski definition) is 2. The number of fused-ring (bicyclic) bond motifs is 1. The molecule has 146 valence electrons. The van der Waals surface area contributed by atoms with E-state index in [2.05, 4.69) is 15.0 Å². The van der Waals surface area contributed by atoms with E-state index in [1.165, 1.54) is 0 Å². The smallest absolute Gasteiger partial charge is 0.263 e. The van der Waals surface area contributed by atoms with Gasteiger partial charge in [0, 0.05) is 17.0 Å². The van der Waals surface area contributed by atoms with Gasteiger partial charge >= 0.3 is 0 Å². The van der Waals surface area contributed by atoms with Crippen LogP contribution in [-0.2, 0) is 14.8 Å². The molecule has 1 amide bonds. The van der Waals surface area contributed by atoms with Crippen LogP contribution in [0.2, 0.25) is 5.02 Å². The van der Waals surface area contributed by atoms with Gasteiger partial charge in [-0.3, -0.25) is 14.5 Å². The van der Waals surface area contributed by atoms with Crippen molar-refractivity contribution < 1.29 is 13.2 Å². The van der Waals surface area contributed by atoms with Crippen LogP contribution in [0.5, 0.6) is 0 Å². The first-order valence-corrected chi connectivity index (χ1v) is 11.0. The monoisotopic (exact) mass is 417 g/mol. The van der Waals surface area contributed by atoms with Crippen LogP contribution in [0.3, 0.4) is 0 Å². The summed E-state index contributed by atoms with van der Waals surface area (Å²) in [5.74, 6) is 0.634. The minimum atomic E-state index is -3.56. The molecule has 0 bridgehead atoms. The fourth-order valence-corrected chi connectivity index (χ4v) is 4.72. The van der Waals surface area contributed by atoms with Gasteiger partial charge in [0.15, 0.2) is 0 Å². The quantitative estimate of drug-likeness (QED) is 0.757. The Balaban J connectivity index is 1.39. The summed E-state index contributed by atoms with van der Waals surface area (Å²) in [7, 11) is -3.56. The zero-order valence-corrected chi connectivity index (χ0v) is 16.6. The lowest BCUT2D eigenvalue weighted by Crippen LogP contribution is -2.30. The van der Waals surface area contributed by atoms with E-state index in [9.17, 15) is 13.2 Å². The average Bonchev–Trinajstić information content (AvgIpc) is 3.47. The first kappa shape index (κ1) is 19.0. The van der Waals surface area contributed by atoms with Crippen molar-refractivity contribution in [3.05, 3.63) is 64.7 Å². The molecular formula is C20H20ClN3O3S. The van der Waals surface area contributed by atoms with E-state index in [4.69, 9.17) is 11.6 Å². The lowest BCUT2D eigenvalue weighted by Gasteiger charge is -2.18. The van der Waals surface area contributed by atoms with E-state index in [1.54, 1.807) is 24.3 Å². The van der Waals surface area contributed by atoms with Crippen molar-refractivity contribution in [2.45, 2.75) is 30.2 Å². The van der Waals surface area contributed by atoms with E-state index in [0.717, 1.165) is 18.4 Å². The van der Waals surface area contributed by atoms with Gasteiger partial charge in [0.1, 0.15) is 5.84 Å². The Kier molecular flexibility index (Phi) is 5.12. The number of amides is 1. The Morgan fingerprint density at radius 1 is 1.18 bits per heavy atom. The Morgan fingerprint density at radius 2 is 1.89 bits per heavy atom. The number of halogens is 1. The van der Waals surface area contributed by atoms with Crippen molar-refractivity contribution in [1.29, 1.82) is 0 Å². The van der Waals surface area contributed by atoms with Gasteiger partial charge in [-0.05, 0) is 48.6 Å². The van der Waals surface area contributed by atoms with E-state index in [-0.39, 0.29) is 29.8 Å². The van der Waals surface area contributed by atoms with Gasteiger partial charge in [-0.25, -0.2) is 8.42 Å². The summed E-state index contributed by atoms with van der Waals surface area (Å²) in [5, 5.41) is 3.75. The second-order valence-electron chi connectivity index (χ2n) is 7.02. The van der Waals surface area contributed by atoms with E-state index in [1.807, 2.05) is 24.3 Å². The minimum Gasteiger partial charge on any atom is -0.349 e. The molecule has 0 radical (unpaired) electrons. The lowest BCUT2D eigenvalue weighted by atomic mass is 10.0. The van der Waals surface area contributed by atoms with Crippen LogP contribution < -0.4 is 10.0 Å². The minimum absolute atomic E-state index is 0.0249. The van der Waals surface area contributed by atoms with Crippen molar-refractivity contribution in [2.24, 2.45) is 10.9 Å². The van der Waals surface area contributed by atoms with Crippen LogP contribution in [-0.4, -0.2) is 26.7 Å². The Morgan fingerprint density at radius 3 is 2.61 bits per heavy atom. The molecule has 1 fully saturated rings. The highest BCUT2D eigenvalue weighted by molar-refractivity contribution is 7.90. The highest BCUT2D eigenvalue weighted by Crippen LogP contribution is 2.41. The first-order chi connectivity index (χ1) is 13.4. The topological polar surface area (TPSA) is 87.6 Å². The standard InChI is InChI=1S/C20H20ClN3O3S/c21-15-9-7-14(8-10-15)19(13-5-6-13)23-18(25)11-12-22-20-16-3-1-2-4-17(16)28(26,27)24-20/h1-4,7-10,13,19H,5-6,11-12H2,(H,22,24)(H,23,25)/t19-/m0/s1. The van der Waals surface area contributed by atoms with Gasteiger partial charge in [-0.15, -0.1) is 0 Å². The Bertz CT molecular complexity index is 1030. The zero-order chi connectivity index (χ0) is 19.7. The third kappa shape index (κ3) is 4.05. The van der Waals surface area contributed by atoms with Gasteiger partial charge in [0.25, 0.3) is 10.0 Å². The van der Waals surface area contributed by atoms with E-state index in [0.29, 0.717) is 22.3 Å². The molecule has 0 unspecified atom stereocenters. The summed E-state index contributed by atoms with van der Waals surface area (Å²) >= 11 is 5.95. The fourth-order valence-electron chi connectivity index (χ4n) is 3.34. The maximum atomic E-state index is 12.4. The van der Waals surface area contributed by atoms with Crippen molar-refractivity contribution in [3.63, 3.8) is 0 Å². The molecule has 0 spiro atoms. The van der Waals surface area contributed by atoms with Gasteiger partial charge in [-0.1, -0.05) is 35.9 Å². The molecule has 4 rings (SSSR count). The molecule has 1 atom stereocenters. The summed E-state index contributed by atoms with van der Waals surface area (Å²) < 4.78 is 26.6. The second kappa shape index (κ2) is 7.56. The van der Waals surface area contributed by atoms with Crippen LogP contribution in [0.15, 0.2) is 58.4 Å². The maximum absolute atomic E-state index is 12.4. The van der Waals surface area contributed by atoms with Crippen LogP contribution in [0.4, 0.5) is 0 Å². The molecule has 1 saturated carbocycles. The summed E-state index contributed by atoms with van der Waals surface area (Å²) in [6.07, 6.45) is 2.37. The number of rotatable bonds is 6. The predicted molar refractivity (Wildman–Crippen MR) is 108 cm³/mol. The Labute approximate surface area is 169 Å². The van der Waals surface area contributed by atoms with Gasteiger partial charge in [-0.2, -0.15) is 0 Å². The third-order valence-electron chi connectivity index (χ3n) is 4.91. The first-order valence-electron chi connectivity index (χ1n) is 9.15. The molecule has 1 aliphatic heterocycles. The van der Waals surface area contributed by atoms with Crippen molar-refractivity contribution in [3.8, 4) is 0 Å². The molecule has 1 aliphatic carbocycles. The number of nitrogens with one attached hydrogen (secondary N) is 2. The number of sulfonamides is 1. The van der Waals surface area contributed by atoms with Crippen molar-refractivity contribution in [1.82, 2.24) is 10.0 Å². The van der Waals surface area contributed by atoms with Crippen molar-refractivity contribution >= 4 is 33.4 Å². The largest absolute Gasteiger partial charge is 0.349 e. The molecule has 2 aromatic rings. The van der Waals surface area contributed by atoms with Crippen LogP contribution in [0, 0.1) is 5.92 Å². The number of nitrogens with zero attached hydrogens (tertiary/aromatic N) is 1. The van der Waals surface area contributed by atoms with E-state index >= 15 is 0 Å². The number of amidine groups is 1. The lowest BCUT2D eigenvalue weighted by molar-refractivity contribution is -0.121. The van der Waals surface area contributed by atoms with Gasteiger partial charge in [0.2, 0.25) is 5.91 Å². The second-order valence-corrected chi connectivity index (χ2v) is 9.10. The number of benzene rings is 2. The fraction of sp³-hybridized carbons (Fsp3) is 0.300. The third-order valence-corrected chi connectivity index (χ3v) is 6.56. The molecular weight excluding hydrogens is 398 g/mol. The molecule has 0 aromatic heterocycles. The van der Waals surface area contributed by atoms with Crippen molar-refractivity contribution in [2.75, 3.05) is 6.54 Å². The molecule has 6 nitrogen and oxygen atoms in total. The average molecular weight is 418 g/mol. The number of aliphatic imine (C=N–C) groups is 1. The van der Waals surface area contributed by atoms with Crippen LogP contribution >= 0.6 is 11.6 Å². The Hall–Kier alpha value is -2.38. The number of carbonyl (C=O) groups is 1. The summed E-state index contributed by atoms with van der Waals surface area (Å²) in [4.78, 5) is 16.9. The SMILES string of the molecule is O=C(CCN=C1NS(=O)(=O)c2ccccc21)N[C@H](c1ccc(Cl)cc1)C1CC1. The summed E-state index contributed by atoms with van der Waals surface area (Å²) in [6.45, 7) is 0.204. The molecule has 2 aromatic carbocycles. The highest BCUT2D eigenvalue weighted by Gasteiger charge is 2.33. The summed E-state index contributed by atoms with van der Waals surface area (Å²) in [6, 6.07) is 14.2. The van der Waals surface area contributed by atoms with Crippen LogP contribution in [0.1, 0.15) is 36.4 Å².